The highest BCUT2D eigenvalue weighted by molar-refractivity contribution is 14.0. The number of hydrogen-bond donors (Lipinski definition) is 1. The van der Waals surface area contributed by atoms with Gasteiger partial charge >= 0.3 is 0 Å². The van der Waals surface area contributed by atoms with Gasteiger partial charge < -0.3 is 19.7 Å². The van der Waals surface area contributed by atoms with Gasteiger partial charge in [0.25, 0.3) is 0 Å². The summed E-state index contributed by atoms with van der Waals surface area (Å²) in [6.07, 6.45) is 8.71. The highest BCUT2D eigenvalue weighted by Crippen LogP contribution is 2.11. The third-order valence-corrected chi connectivity index (χ3v) is 6.06. The summed E-state index contributed by atoms with van der Waals surface area (Å²) in [7, 11) is 0. The standard InChI is InChI=1S/C23H41N7O.HI/c1-4-24-23(26-17-21-25-9-12-30(21)18-20(2)3)29-15-13-27(14-16-29)19-22(31)28-10-7-5-6-8-11-28;/h9,12,20H,4-8,10-11,13-19H2,1-3H3,(H,24,26);1H. The highest BCUT2D eigenvalue weighted by atomic mass is 127. The van der Waals surface area contributed by atoms with E-state index in [2.05, 4.69) is 50.3 Å². The first kappa shape index (κ1) is 26.9. The quantitative estimate of drug-likeness (QED) is 0.316. The lowest BCUT2D eigenvalue weighted by molar-refractivity contribution is -0.132. The number of nitrogens with one attached hydrogen (secondary N) is 1. The molecule has 0 aromatic carbocycles. The number of halogens is 1. The van der Waals surface area contributed by atoms with E-state index < -0.39 is 0 Å². The number of aliphatic imine (C=N–C) groups is 1. The largest absolute Gasteiger partial charge is 0.357 e. The van der Waals surface area contributed by atoms with E-state index in [9.17, 15) is 4.79 Å². The Morgan fingerprint density at radius 2 is 1.75 bits per heavy atom. The average molecular weight is 560 g/mol. The number of rotatable bonds is 7. The molecule has 3 rings (SSSR count). The number of hydrogen-bond acceptors (Lipinski definition) is 4. The van der Waals surface area contributed by atoms with Gasteiger partial charge in [-0.3, -0.25) is 9.69 Å². The zero-order valence-corrected chi connectivity index (χ0v) is 22.5. The van der Waals surface area contributed by atoms with E-state index in [1.165, 1.54) is 12.8 Å². The maximum atomic E-state index is 12.7. The van der Waals surface area contributed by atoms with Crippen molar-refractivity contribution < 1.29 is 4.79 Å². The predicted molar refractivity (Wildman–Crippen MR) is 140 cm³/mol. The fourth-order valence-electron chi connectivity index (χ4n) is 4.35. The van der Waals surface area contributed by atoms with E-state index in [-0.39, 0.29) is 24.0 Å². The monoisotopic (exact) mass is 559 g/mol. The van der Waals surface area contributed by atoms with Crippen molar-refractivity contribution in [1.82, 2.24) is 29.6 Å². The minimum absolute atomic E-state index is 0. The maximum absolute atomic E-state index is 12.7. The molecule has 3 heterocycles. The number of aromatic nitrogens is 2. The van der Waals surface area contributed by atoms with E-state index in [1.807, 2.05) is 12.4 Å². The van der Waals surface area contributed by atoms with E-state index in [4.69, 9.17) is 4.99 Å². The number of piperazine rings is 1. The second kappa shape index (κ2) is 14.0. The summed E-state index contributed by atoms with van der Waals surface area (Å²) in [4.78, 5) is 28.8. The van der Waals surface area contributed by atoms with Crippen molar-refractivity contribution in [3.63, 3.8) is 0 Å². The molecule has 2 fully saturated rings. The van der Waals surface area contributed by atoms with Crippen molar-refractivity contribution in [1.29, 1.82) is 0 Å². The molecule has 2 saturated heterocycles. The van der Waals surface area contributed by atoms with E-state index in [1.54, 1.807) is 0 Å². The van der Waals surface area contributed by atoms with Gasteiger partial charge in [-0.2, -0.15) is 0 Å². The van der Waals surface area contributed by atoms with Crippen LogP contribution in [0.2, 0.25) is 0 Å². The molecule has 0 unspecified atom stereocenters. The van der Waals surface area contributed by atoms with Crippen LogP contribution in [0.3, 0.4) is 0 Å². The third kappa shape index (κ3) is 8.20. The SMILES string of the molecule is CCNC(=NCc1nccn1CC(C)C)N1CCN(CC(=O)N2CCCCCC2)CC1.I. The Kier molecular flexibility index (Phi) is 11.8. The summed E-state index contributed by atoms with van der Waals surface area (Å²) < 4.78 is 2.20. The van der Waals surface area contributed by atoms with Gasteiger partial charge in [0.2, 0.25) is 5.91 Å². The molecule has 2 aliphatic rings. The Hall–Kier alpha value is -1.36. The summed E-state index contributed by atoms with van der Waals surface area (Å²) in [6, 6.07) is 0. The fraction of sp³-hybridized carbons (Fsp3) is 0.783. The number of carbonyl (C=O) groups is 1. The summed E-state index contributed by atoms with van der Waals surface area (Å²) in [6.45, 7) is 14.9. The van der Waals surface area contributed by atoms with Gasteiger partial charge in [-0.1, -0.05) is 26.7 Å². The van der Waals surface area contributed by atoms with Gasteiger partial charge in [0, 0.05) is 64.8 Å². The van der Waals surface area contributed by atoms with Crippen molar-refractivity contribution in [2.75, 3.05) is 52.4 Å². The third-order valence-electron chi connectivity index (χ3n) is 6.06. The topological polar surface area (TPSA) is 69.0 Å². The Balaban J connectivity index is 0.00000363. The number of carbonyl (C=O) groups excluding carboxylic acids is 1. The molecule has 182 valence electrons. The molecule has 0 radical (unpaired) electrons. The molecule has 8 nitrogen and oxygen atoms in total. The summed E-state index contributed by atoms with van der Waals surface area (Å²) in [5, 5.41) is 3.43. The molecule has 32 heavy (non-hydrogen) atoms. The first-order valence-electron chi connectivity index (χ1n) is 12.1. The van der Waals surface area contributed by atoms with Crippen molar-refractivity contribution in [2.45, 2.75) is 59.5 Å². The van der Waals surface area contributed by atoms with Gasteiger partial charge in [0.05, 0.1) is 6.54 Å². The van der Waals surface area contributed by atoms with Crippen LogP contribution in [-0.4, -0.2) is 88.5 Å². The Bertz CT molecular complexity index is 705. The number of guanidine groups is 1. The smallest absolute Gasteiger partial charge is 0.236 e. The van der Waals surface area contributed by atoms with Gasteiger partial charge in [-0.25, -0.2) is 9.98 Å². The molecule has 0 spiro atoms. The summed E-state index contributed by atoms with van der Waals surface area (Å²) in [5.41, 5.74) is 0. The lowest BCUT2D eigenvalue weighted by Gasteiger charge is -2.37. The average Bonchev–Trinajstić information content (AvgIpc) is 3.00. The highest BCUT2D eigenvalue weighted by Gasteiger charge is 2.23. The minimum Gasteiger partial charge on any atom is -0.357 e. The molecule has 1 N–H and O–H groups in total. The van der Waals surface area contributed by atoms with Crippen molar-refractivity contribution >= 4 is 35.8 Å². The first-order chi connectivity index (χ1) is 15.1. The lowest BCUT2D eigenvalue weighted by atomic mass is 10.2. The zero-order chi connectivity index (χ0) is 22.1. The van der Waals surface area contributed by atoms with Gasteiger partial charge in [-0.05, 0) is 25.7 Å². The molecule has 1 aromatic rings. The lowest BCUT2D eigenvalue weighted by Crippen LogP contribution is -2.54. The number of imidazole rings is 1. The predicted octanol–water partition coefficient (Wildman–Crippen LogP) is 2.64. The number of amides is 1. The molecule has 0 bridgehead atoms. The van der Waals surface area contributed by atoms with Crippen LogP contribution >= 0.6 is 24.0 Å². The van der Waals surface area contributed by atoms with Gasteiger partial charge in [-0.15, -0.1) is 24.0 Å². The second-order valence-corrected chi connectivity index (χ2v) is 9.12. The molecule has 2 aliphatic heterocycles. The fourth-order valence-corrected chi connectivity index (χ4v) is 4.35. The van der Waals surface area contributed by atoms with Crippen molar-refractivity contribution in [3.05, 3.63) is 18.2 Å². The first-order valence-corrected chi connectivity index (χ1v) is 12.1. The van der Waals surface area contributed by atoms with Crippen LogP contribution in [0.1, 0.15) is 52.3 Å². The minimum atomic E-state index is 0. The molecular weight excluding hydrogens is 517 g/mol. The molecule has 1 amide bonds. The summed E-state index contributed by atoms with van der Waals surface area (Å²) >= 11 is 0. The molecule has 0 aliphatic carbocycles. The Morgan fingerprint density at radius 1 is 1.06 bits per heavy atom. The molecule has 0 saturated carbocycles. The van der Waals surface area contributed by atoms with Crippen molar-refractivity contribution in [2.24, 2.45) is 10.9 Å². The second-order valence-electron chi connectivity index (χ2n) is 9.12. The Morgan fingerprint density at radius 3 is 2.38 bits per heavy atom. The Labute approximate surface area is 210 Å². The van der Waals surface area contributed by atoms with Crippen LogP contribution in [0, 0.1) is 5.92 Å². The summed E-state index contributed by atoms with van der Waals surface area (Å²) in [5.74, 6) is 2.83. The van der Waals surface area contributed by atoms with Crippen LogP contribution in [0.15, 0.2) is 17.4 Å². The molecular formula is C23H42IN7O. The van der Waals surface area contributed by atoms with E-state index in [0.29, 0.717) is 24.9 Å². The van der Waals surface area contributed by atoms with Gasteiger partial charge in [0.15, 0.2) is 5.96 Å². The van der Waals surface area contributed by atoms with Crippen LogP contribution in [0.5, 0.6) is 0 Å². The normalized spacial score (nSPS) is 18.4. The van der Waals surface area contributed by atoms with E-state index in [0.717, 1.165) is 77.0 Å². The zero-order valence-electron chi connectivity index (χ0n) is 20.1. The van der Waals surface area contributed by atoms with Gasteiger partial charge in [0.1, 0.15) is 12.4 Å². The van der Waals surface area contributed by atoms with Crippen LogP contribution < -0.4 is 5.32 Å². The number of nitrogens with zero attached hydrogens (tertiary/aromatic N) is 6. The number of likely N-dealkylation sites (tertiary alicyclic amines) is 1. The van der Waals surface area contributed by atoms with Crippen LogP contribution in [0.4, 0.5) is 0 Å². The van der Waals surface area contributed by atoms with Crippen LogP contribution in [0.25, 0.3) is 0 Å². The van der Waals surface area contributed by atoms with E-state index >= 15 is 0 Å². The molecule has 1 aromatic heterocycles. The molecule has 0 atom stereocenters. The molecule has 9 heteroatoms. The maximum Gasteiger partial charge on any atom is 0.236 e. The van der Waals surface area contributed by atoms with Crippen molar-refractivity contribution in [3.8, 4) is 0 Å². The van der Waals surface area contributed by atoms with Crippen LogP contribution in [-0.2, 0) is 17.9 Å².